The van der Waals surface area contributed by atoms with E-state index in [1.54, 1.807) is 0 Å². The van der Waals surface area contributed by atoms with Crippen LogP contribution in [0.4, 0.5) is 0 Å². The van der Waals surface area contributed by atoms with E-state index in [1.165, 1.54) is 0 Å². The van der Waals surface area contributed by atoms with Gasteiger partial charge in [0, 0.05) is 4.32 Å². The van der Waals surface area contributed by atoms with Gasteiger partial charge < -0.3 is 4.74 Å². The van der Waals surface area contributed by atoms with Crippen LogP contribution in [-0.2, 0) is 4.74 Å². The molecule has 2 nitrogen and oxygen atoms in total. The van der Waals surface area contributed by atoms with Gasteiger partial charge in [-0.15, -0.1) is 0 Å². The minimum Gasteiger partial charge on any atom is -0.359 e. The molecule has 0 aromatic heterocycles. The van der Waals surface area contributed by atoms with Crippen LogP contribution in [0.3, 0.4) is 0 Å². The van der Waals surface area contributed by atoms with E-state index in [9.17, 15) is 0 Å². The molecule has 2 aliphatic heterocycles. The molecule has 3 heteroatoms. The van der Waals surface area contributed by atoms with Crippen molar-refractivity contribution in [1.29, 1.82) is 5.26 Å². The number of nitriles is 1. The van der Waals surface area contributed by atoms with E-state index in [1.807, 2.05) is 0 Å². The van der Waals surface area contributed by atoms with Crippen molar-refractivity contribution in [3.8, 4) is 6.07 Å². The van der Waals surface area contributed by atoms with Gasteiger partial charge in [-0.2, -0.15) is 5.26 Å². The Hall–Kier alpha value is -0.0700. The zero-order valence-corrected chi connectivity index (χ0v) is 7.85. The zero-order valence-electron chi connectivity index (χ0n) is 6.27. The van der Waals surface area contributed by atoms with Gasteiger partial charge in [0.2, 0.25) is 0 Å². The molecule has 0 amide bonds. The first-order valence-corrected chi connectivity index (χ1v) is 4.72. The summed E-state index contributed by atoms with van der Waals surface area (Å²) in [7, 11) is 0. The lowest BCUT2D eigenvalue weighted by Crippen LogP contribution is -2.51. The van der Waals surface area contributed by atoms with Crippen molar-refractivity contribution in [2.45, 2.75) is 35.6 Å². The molecule has 0 N–H and O–H groups in total. The Balaban J connectivity index is 2.20. The summed E-state index contributed by atoms with van der Waals surface area (Å²) < 4.78 is 5.71. The maximum Gasteiger partial charge on any atom is 0.154 e. The van der Waals surface area contributed by atoms with E-state index in [2.05, 4.69) is 22.0 Å². The molecule has 0 unspecified atom stereocenters. The average Bonchev–Trinajstić information content (AvgIpc) is 2.07. The highest BCUT2D eigenvalue weighted by atomic mass is 79.9. The molecule has 1 saturated carbocycles. The Bertz CT molecular complexity index is 196. The highest BCUT2D eigenvalue weighted by Crippen LogP contribution is 2.47. The van der Waals surface area contributed by atoms with E-state index in [4.69, 9.17) is 10.00 Å². The Kier molecular flexibility index (Phi) is 1.52. The van der Waals surface area contributed by atoms with Gasteiger partial charge in [-0.25, -0.2) is 0 Å². The Morgan fingerprint density at radius 3 is 2.27 bits per heavy atom. The molecule has 1 aliphatic carbocycles. The molecule has 2 heterocycles. The maximum absolute atomic E-state index is 8.86. The molecule has 3 fully saturated rings. The third-order valence-electron chi connectivity index (χ3n) is 2.76. The lowest BCUT2D eigenvalue weighted by Gasteiger charge is -2.46. The van der Waals surface area contributed by atoms with Gasteiger partial charge >= 0.3 is 0 Å². The summed E-state index contributed by atoms with van der Waals surface area (Å²) in [4.78, 5) is 0. The third kappa shape index (κ3) is 1.09. The smallest absolute Gasteiger partial charge is 0.154 e. The first kappa shape index (κ1) is 7.57. The van der Waals surface area contributed by atoms with Crippen molar-refractivity contribution in [1.82, 2.24) is 0 Å². The van der Waals surface area contributed by atoms with Crippen molar-refractivity contribution in [3.05, 3.63) is 0 Å². The van der Waals surface area contributed by atoms with E-state index >= 15 is 0 Å². The lowest BCUT2D eigenvalue weighted by molar-refractivity contribution is -0.0940. The number of fused-ring (bicyclic) bond motifs is 3. The number of ether oxygens (including phenoxy) is 1. The summed E-state index contributed by atoms with van der Waals surface area (Å²) in [6.45, 7) is 0.709. The van der Waals surface area contributed by atoms with Gasteiger partial charge in [0.15, 0.2) is 5.60 Å². The molecule has 2 saturated heterocycles. The van der Waals surface area contributed by atoms with Crippen molar-refractivity contribution < 1.29 is 4.74 Å². The van der Waals surface area contributed by atoms with Gasteiger partial charge in [-0.05, 0) is 25.7 Å². The summed E-state index contributed by atoms with van der Waals surface area (Å²) in [6.07, 6.45) is 3.96. The average molecular weight is 216 g/mol. The Labute approximate surface area is 74.7 Å². The second-order valence-electron chi connectivity index (χ2n) is 3.55. The fourth-order valence-electron chi connectivity index (χ4n) is 1.80. The summed E-state index contributed by atoms with van der Waals surface area (Å²) in [5.74, 6) is 0. The van der Waals surface area contributed by atoms with Crippen LogP contribution in [0, 0.1) is 11.3 Å². The van der Waals surface area contributed by atoms with E-state index < -0.39 is 5.60 Å². The topological polar surface area (TPSA) is 33.0 Å². The monoisotopic (exact) mass is 215 g/mol. The van der Waals surface area contributed by atoms with Crippen LogP contribution < -0.4 is 0 Å². The van der Waals surface area contributed by atoms with Crippen LogP contribution in [0.1, 0.15) is 25.7 Å². The minimum atomic E-state index is -0.421. The summed E-state index contributed by atoms with van der Waals surface area (Å²) in [5, 5.41) is 8.86. The molecular weight excluding hydrogens is 206 g/mol. The molecule has 0 spiro atoms. The first-order valence-electron chi connectivity index (χ1n) is 3.92. The largest absolute Gasteiger partial charge is 0.359 e. The standard InChI is InChI=1S/C8H10BrNO/c9-7-1-3-8(5-10,4-2-7)11-6-7/h1-4,6H2. The van der Waals surface area contributed by atoms with Crippen molar-refractivity contribution in [2.24, 2.45) is 0 Å². The molecule has 11 heavy (non-hydrogen) atoms. The predicted octanol–water partition coefficient (Wildman–Crippen LogP) is 1.99. The Morgan fingerprint density at radius 1 is 1.27 bits per heavy atom. The summed E-state index contributed by atoms with van der Waals surface area (Å²) in [5.41, 5.74) is -0.421. The molecule has 2 bridgehead atoms. The summed E-state index contributed by atoms with van der Waals surface area (Å²) in [6, 6.07) is 2.28. The van der Waals surface area contributed by atoms with Crippen LogP contribution in [-0.4, -0.2) is 16.5 Å². The zero-order chi connectivity index (χ0) is 7.95. The summed E-state index contributed by atoms with van der Waals surface area (Å²) >= 11 is 3.65. The highest BCUT2D eigenvalue weighted by Gasteiger charge is 2.48. The normalized spacial score (nSPS) is 48.7. The number of rotatable bonds is 0. The van der Waals surface area contributed by atoms with Gasteiger partial charge in [-0.1, -0.05) is 15.9 Å². The fourth-order valence-corrected chi connectivity index (χ4v) is 2.31. The number of nitrogens with zero attached hydrogens (tertiary/aromatic N) is 1. The number of alkyl halides is 1. The van der Waals surface area contributed by atoms with Crippen LogP contribution >= 0.6 is 15.9 Å². The van der Waals surface area contributed by atoms with Gasteiger partial charge in [-0.3, -0.25) is 0 Å². The predicted molar refractivity (Wildman–Crippen MR) is 44.4 cm³/mol. The molecular formula is C8H10BrNO. The molecule has 0 atom stereocenters. The van der Waals surface area contributed by atoms with E-state index in [0.29, 0.717) is 6.61 Å². The van der Waals surface area contributed by atoms with E-state index in [0.717, 1.165) is 25.7 Å². The second-order valence-corrected chi connectivity index (χ2v) is 5.23. The van der Waals surface area contributed by atoms with Gasteiger partial charge in [0.1, 0.15) is 0 Å². The number of halogens is 1. The quantitative estimate of drug-likeness (QED) is 0.580. The second kappa shape index (κ2) is 2.21. The van der Waals surface area contributed by atoms with Crippen LogP contribution in [0.5, 0.6) is 0 Å². The van der Waals surface area contributed by atoms with Gasteiger partial charge in [0.25, 0.3) is 0 Å². The highest BCUT2D eigenvalue weighted by molar-refractivity contribution is 9.10. The number of hydrogen-bond acceptors (Lipinski definition) is 2. The molecule has 3 rings (SSSR count). The number of hydrogen-bond donors (Lipinski definition) is 0. The fraction of sp³-hybridized carbons (Fsp3) is 0.875. The van der Waals surface area contributed by atoms with Crippen LogP contribution in [0.15, 0.2) is 0 Å². The van der Waals surface area contributed by atoms with Crippen molar-refractivity contribution in [2.75, 3.05) is 6.61 Å². The molecule has 60 valence electrons. The SMILES string of the molecule is N#CC12CCC(Br)(CC1)CO2. The van der Waals surface area contributed by atoms with Crippen molar-refractivity contribution >= 4 is 15.9 Å². The molecule has 0 aromatic rings. The first-order chi connectivity index (χ1) is 5.18. The van der Waals surface area contributed by atoms with E-state index in [-0.39, 0.29) is 4.32 Å². The molecule has 0 radical (unpaired) electrons. The molecule has 0 aromatic carbocycles. The maximum atomic E-state index is 8.86. The van der Waals surface area contributed by atoms with Crippen LogP contribution in [0.2, 0.25) is 0 Å². The van der Waals surface area contributed by atoms with Crippen molar-refractivity contribution in [3.63, 3.8) is 0 Å². The van der Waals surface area contributed by atoms with Crippen LogP contribution in [0.25, 0.3) is 0 Å². The lowest BCUT2D eigenvalue weighted by atomic mass is 9.76. The Morgan fingerprint density at radius 2 is 1.91 bits per heavy atom. The minimum absolute atomic E-state index is 0.200. The third-order valence-corrected chi connectivity index (χ3v) is 3.79. The van der Waals surface area contributed by atoms with Gasteiger partial charge in [0.05, 0.1) is 12.7 Å². The molecule has 3 aliphatic rings.